The summed E-state index contributed by atoms with van der Waals surface area (Å²) in [5, 5.41) is 10.3. The SMILES string of the molecule is CCC(C)(N)c1ccc([N+](=O)[O-])nc1. The third-order valence-electron chi connectivity index (χ3n) is 2.33. The highest BCUT2D eigenvalue weighted by Gasteiger charge is 2.21. The topological polar surface area (TPSA) is 82.0 Å². The summed E-state index contributed by atoms with van der Waals surface area (Å²) in [6.07, 6.45) is 2.22. The van der Waals surface area contributed by atoms with Crippen molar-refractivity contribution in [1.82, 2.24) is 4.98 Å². The van der Waals surface area contributed by atoms with Crippen molar-refractivity contribution in [1.29, 1.82) is 0 Å². The molecule has 0 aromatic carbocycles. The number of aromatic nitrogens is 1. The maximum atomic E-state index is 10.3. The average molecular weight is 195 g/mol. The van der Waals surface area contributed by atoms with Crippen LogP contribution in [-0.4, -0.2) is 9.91 Å². The molecule has 5 nitrogen and oxygen atoms in total. The third-order valence-corrected chi connectivity index (χ3v) is 2.33. The summed E-state index contributed by atoms with van der Waals surface area (Å²) < 4.78 is 0. The molecule has 76 valence electrons. The molecule has 1 aromatic heterocycles. The number of nitrogens with two attached hydrogens (primary N) is 1. The standard InChI is InChI=1S/C9H13N3O2/c1-3-9(2,10)7-4-5-8(11-6-7)12(13)14/h4-6H,3,10H2,1-2H3. The fraction of sp³-hybridized carbons (Fsp3) is 0.444. The molecule has 0 aliphatic rings. The summed E-state index contributed by atoms with van der Waals surface area (Å²) in [6.45, 7) is 3.83. The van der Waals surface area contributed by atoms with E-state index in [9.17, 15) is 10.1 Å². The zero-order valence-electron chi connectivity index (χ0n) is 8.23. The Hall–Kier alpha value is -1.49. The fourth-order valence-corrected chi connectivity index (χ4v) is 1.04. The Morgan fingerprint density at radius 1 is 1.64 bits per heavy atom. The van der Waals surface area contributed by atoms with E-state index in [4.69, 9.17) is 5.73 Å². The van der Waals surface area contributed by atoms with E-state index in [1.165, 1.54) is 12.3 Å². The normalized spacial score (nSPS) is 14.8. The van der Waals surface area contributed by atoms with Crippen LogP contribution < -0.4 is 5.73 Å². The molecule has 0 radical (unpaired) electrons. The minimum atomic E-state index is -0.524. The quantitative estimate of drug-likeness (QED) is 0.586. The van der Waals surface area contributed by atoms with Gasteiger partial charge in [0.15, 0.2) is 0 Å². The van der Waals surface area contributed by atoms with Crippen molar-refractivity contribution in [3.8, 4) is 0 Å². The van der Waals surface area contributed by atoms with Crippen molar-refractivity contribution in [2.75, 3.05) is 0 Å². The van der Waals surface area contributed by atoms with Gasteiger partial charge in [-0.25, -0.2) is 0 Å². The van der Waals surface area contributed by atoms with E-state index in [2.05, 4.69) is 4.98 Å². The minimum Gasteiger partial charge on any atom is -0.358 e. The summed E-state index contributed by atoms with van der Waals surface area (Å²) in [6, 6.07) is 3.02. The van der Waals surface area contributed by atoms with Gasteiger partial charge in [-0.15, -0.1) is 0 Å². The molecule has 1 aromatic rings. The zero-order valence-corrected chi connectivity index (χ0v) is 8.23. The van der Waals surface area contributed by atoms with Gasteiger partial charge in [0.25, 0.3) is 0 Å². The molecular formula is C9H13N3O2. The number of hydrogen-bond acceptors (Lipinski definition) is 4. The molecule has 1 heterocycles. The molecule has 0 spiro atoms. The molecule has 0 aliphatic carbocycles. The summed E-state index contributed by atoms with van der Waals surface area (Å²) in [5.41, 5.74) is 6.29. The maximum Gasteiger partial charge on any atom is 0.363 e. The van der Waals surface area contributed by atoms with E-state index < -0.39 is 10.5 Å². The fourth-order valence-electron chi connectivity index (χ4n) is 1.04. The number of pyridine rings is 1. The molecule has 0 aliphatic heterocycles. The average Bonchev–Trinajstić information content (AvgIpc) is 2.18. The highest BCUT2D eigenvalue weighted by atomic mass is 16.6. The van der Waals surface area contributed by atoms with Gasteiger partial charge in [-0.2, -0.15) is 0 Å². The van der Waals surface area contributed by atoms with E-state index in [0.29, 0.717) is 0 Å². The molecular weight excluding hydrogens is 182 g/mol. The monoisotopic (exact) mass is 195 g/mol. The molecule has 14 heavy (non-hydrogen) atoms. The van der Waals surface area contributed by atoms with Crippen molar-refractivity contribution < 1.29 is 4.92 Å². The Kier molecular flexibility index (Phi) is 2.81. The Balaban J connectivity index is 2.99. The van der Waals surface area contributed by atoms with Crippen molar-refractivity contribution in [3.63, 3.8) is 0 Å². The highest BCUT2D eigenvalue weighted by Crippen LogP contribution is 2.21. The molecule has 2 N–H and O–H groups in total. The first kappa shape index (κ1) is 10.6. The van der Waals surface area contributed by atoms with Crippen LogP contribution in [-0.2, 0) is 5.54 Å². The van der Waals surface area contributed by atoms with E-state index in [-0.39, 0.29) is 5.82 Å². The van der Waals surface area contributed by atoms with Gasteiger partial charge < -0.3 is 15.8 Å². The van der Waals surface area contributed by atoms with Gasteiger partial charge in [0.05, 0.1) is 0 Å². The van der Waals surface area contributed by atoms with Gasteiger partial charge >= 0.3 is 5.82 Å². The molecule has 0 bridgehead atoms. The molecule has 5 heteroatoms. The van der Waals surface area contributed by atoms with E-state index in [1.54, 1.807) is 6.07 Å². The van der Waals surface area contributed by atoms with Crippen molar-refractivity contribution in [2.45, 2.75) is 25.8 Å². The Bertz CT molecular complexity index is 332. The van der Waals surface area contributed by atoms with Crippen LogP contribution in [0.5, 0.6) is 0 Å². The molecule has 1 unspecified atom stereocenters. The van der Waals surface area contributed by atoms with E-state index in [0.717, 1.165) is 12.0 Å². The van der Waals surface area contributed by atoms with Crippen molar-refractivity contribution in [3.05, 3.63) is 34.0 Å². The molecule has 0 amide bonds. The maximum absolute atomic E-state index is 10.3. The summed E-state index contributed by atoms with van der Waals surface area (Å²) >= 11 is 0. The van der Waals surface area contributed by atoms with Crippen LogP contribution in [0.4, 0.5) is 5.82 Å². The van der Waals surface area contributed by atoms with Crippen LogP contribution in [0.3, 0.4) is 0 Å². The number of nitrogens with zero attached hydrogens (tertiary/aromatic N) is 2. The van der Waals surface area contributed by atoms with Crippen LogP contribution in [0.15, 0.2) is 18.3 Å². The Morgan fingerprint density at radius 3 is 2.64 bits per heavy atom. The first-order valence-corrected chi connectivity index (χ1v) is 4.37. The predicted molar refractivity (Wildman–Crippen MR) is 52.7 cm³/mol. The lowest BCUT2D eigenvalue weighted by Crippen LogP contribution is -2.32. The predicted octanol–water partition coefficient (Wildman–Crippen LogP) is 1.57. The van der Waals surface area contributed by atoms with Crippen molar-refractivity contribution in [2.24, 2.45) is 5.73 Å². The third kappa shape index (κ3) is 2.05. The minimum absolute atomic E-state index is 0.152. The van der Waals surface area contributed by atoms with Crippen molar-refractivity contribution >= 4 is 5.82 Å². The van der Waals surface area contributed by atoms with Crippen LogP contribution in [0.25, 0.3) is 0 Å². The number of nitro groups is 1. The van der Waals surface area contributed by atoms with Gasteiger partial charge in [-0.05, 0) is 29.3 Å². The van der Waals surface area contributed by atoms with Gasteiger partial charge in [0.1, 0.15) is 6.20 Å². The second-order valence-electron chi connectivity index (χ2n) is 3.43. The summed E-state index contributed by atoms with van der Waals surface area (Å²) in [4.78, 5) is 13.5. The van der Waals surface area contributed by atoms with E-state index in [1.807, 2.05) is 13.8 Å². The van der Waals surface area contributed by atoms with Crippen LogP contribution in [0.2, 0.25) is 0 Å². The lowest BCUT2D eigenvalue weighted by Gasteiger charge is -2.21. The number of rotatable bonds is 3. The smallest absolute Gasteiger partial charge is 0.358 e. The molecule has 1 rings (SSSR count). The second-order valence-corrected chi connectivity index (χ2v) is 3.43. The first-order valence-electron chi connectivity index (χ1n) is 4.37. The number of hydrogen-bond donors (Lipinski definition) is 1. The zero-order chi connectivity index (χ0) is 10.8. The van der Waals surface area contributed by atoms with Gasteiger partial charge in [-0.3, -0.25) is 0 Å². The summed E-state index contributed by atoms with van der Waals surface area (Å²) in [5.74, 6) is -0.152. The molecule has 1 atom stereocenters. The second kappa shape index (κ2) is 3.71. The highest BCUT2D eigenvalue weighted by molar-refractivity contribution is 5.27. The van der Waals surface area contributed by atoms with Crippen LogP contribution in [0, 0.1) is 10.1 Å². The molecule has 0 fully saturated rings. The molecule has 0 saturated heterocycles. The van der Waals surface area contributed by atoms with E-state index >= 15 is 0 Å². The van der Waals surface area contributed by atoms with Gasteiger partial charge in [0.2, 0.25) is 0 Å². The first-order chi connectivity index (χ1) is 6.47. The lowest BCUT2D eigenvalue weighted by molar-refractivity contribution is -0.389. The lowest BCUT2D eigenvalue weighted by atomic mass is 9.92. The van der Waals surface area contributed by atoms with Gasteiger partial charge in [-0.1, -0.05) is 6.92 Å². The Morgan fingerprint density at radius 2 is 2.29 bits per heavy atom. The van der Waals surface area contributed by atoms with Gasteiger partial charge in [0, 0.05) is 17.2 Å². The summed E-state index contributed by atoms with van der Waals surface area (Å²) in [7, 11) is 0. The Labute approximate surface area is 82.1 Å². The largest absolute Gasteiger partial charge is 0.363 e. The van der Waals surface area contributed by atoms with Crippen LogP contribution in [0.1, 0.15) is 25.8 Å². The molecule has 0 saturated carbocycles. The van der Waals surface area contributed by atoms with Crippen LogP contribution >= 0.6 is 0 Å².